The smallest absolute Gasteiger partial charge is 0.223 e. The van der Waals surface area contributed by atoms with E-state index in [0.29, 0.717) is 32.5 Å². The van der Waals surface area contributed by atoms with Crippen LogP contribution in [0.15, 0.2) is 53.0 Å². The molecule has 1 saturated heterocycles. The van der Waals surface area contributed by atoms with Gasteiger partial charge in [0.25, 0.3) is 0 Å². The van der Waals surface area contributed by atoms with E-state index in [-0.39, 0.29) is 17.6 Å². The van der Waals surface area contributed by atoms with E-state index in [1.807, 2.05) is 36.4 Å². The highest BCUT2D eigenvalue weighted by atomic mass is 79.9. The standard InChI is InChI=1S/C21H25BrN2O4S/c1-28-20-8-4-16(5-9-20)14-23-21(25)18-10-12-24(13-11-18)29(26,27)15-17-2-6-19(22)7-3-17/h2-9,18H,10-15H2,1H3,(H,23,25). The summed E-state index contributed by atoms with van der Waals surface area (Å²) in [5.74, 6) is 0.573. The number of amides is 1. The summed E-state index contributed by atoms with van der Waals surface area (Å²) in [7, 11) is -1.77. The third kappa shape index (κ3) is 6.04. The Morgan fingerprint density at radius 1 is 1.07 bits per heavy atom. The first-order valence-corrected chi connectivity index (χ1v) is 11.9. The molecular formula is C21H25BrN2O4S. The molecule has 0 bridgehead atoms. The Morgan fingerprint density at radius 3 is 2.24 bits per heavy atom. The Balaban J connectivity index is 1.48. The van der Waals surface area contributed by atoms with Gasteiger partial charge in [-0.25, -0.2) is 12.7 Å². The topological polar surface area (TPSA) is 75.7 Å². The molecule has 2 aromatic carbocycles. The second-order valence-electron chi connectivity index (χ2n) is 7.12. The van der Waals surface area contributed by atoms with Gasteiger partial charge in [-0.3, -0.25) is 4.79 Å². The molecule has 29 heavy (non-hydrogen) atoms. The molecule has 156 valence electrons. The minimum atomic E-state index is -3.39. The second kappa shape index (κ2) is 9.73. The fourth-order valence-electron chi connectivity index (χ4n) is 3.36. The molecule has 3 rings (SSSR count). The van der Waals surface area contributed by atoms with E-state index in [0.717, 1.165) is 21.3 Å². The van der Waals surface area contributed by atoms with Gasteiger partial charge in [0.2, 0.25) is 15.9 Å². The van der Waals surface area contributed by atoms with Crippen molar-refractivity contribution in [3.8, 4) is 5.75 Å². The monoisotopic (exact) mass is 480 g/mol. The van der Waals surface area contributed by atoms with E-state index in [1.165, 1.54) is 4.31 Å². The van der Waals surface area contributed by atoms with Crippen LogP contribution in [0.1, 0.15) is 24.0 Å². The molecule has 8 heteroatoms. The predicted molar refractivity (Wildman–Crippen MR) is 116 cm³/mol. The molecule has 0 spiro atoms. The van der Waals surface area contributed by atoms with E-state index in [2.05, 4.69) is 21.2 Å². The Kier molecular flexibility index (Phi) is 7.32. The van der Waals surface area contributed by atoms with Crippen molar-refractivity contribution in [1.29, 1.82) is 0 Å². The molecule has 0 atom stereocenters. The van der Waals surface area contributed by atoms with E-state index in [4.69, 9.17) is 4.74 Å². The average Bonchev–Trinajstić information content (AvgIpc) is 2.74. The van der Waals surface area contributed by atoms with Crippen LogP contribution in [0.5, 0.6) is 5.75 Å². The first-order valence-electron chi connectivity index (χ1n) is 9.50. The van der Waals surface area contributed by atoms with Crippen LogP contribution in [0.3, 0.4) is 0 Å². The van der Waals surface area contributed by atoms with Gasteiger partial charge in [-0.15, -0.1) is 0 Å². The molecule has 1 amide bonds. The van der Waals surface area contributed by atoms with Gasteiger partial charge >= 0.3 is 0 Å². The van der Waals surface area contributed by atoms with Crippen molar-refractivity contribution in [3.05, 3.63) is 64.1 Å². The molecule has 0 radical (unpaired) electrons. The summed E-state index contributed by atoms with van der Waals surface area (Å²) in [6.07, 6.45) is 1.07. The molecule has 6 nitrogen and oxygen atoms in total. The maximum Gasteiger partial charge on any atom is 0.223 e. The largest absolute Gasteiger partial charge is 0.497 e. The zero-order valence-corrected chi connectivity index (χ0v) is 18.7. The molecule has 2 aromatic rings. The highest BCUT2D eigenvalue weighted by Gasteiger charge is 2.31. The van der Waals surface area contributed by atoms with Crippen LogP contribution in [0.2, 0.25) is 0 Å². The number of halogens is 1. The van der Waals surface area contributed by atoms with Crippen LogP contribution < -0.4 is 10.1 Å². The summed E-state index contributed by atoms with van der Waals surface area (Å²) in [6.45, 7) is 1.20. The van der Waals surface area contributed by atoms with Gasteiger partial charge in [-0.2, -0.15) is 0 Å². The first-order chi connectivity index (χ1) is 13.9. The Hall–Kier alpha value is -1.90. The number of hydrogen-bond donors (Lipinski definition) is 1. The summed E-state index contributed by atoms with van der Waals surface area (Å²) < 4.78 is 32.9. The lowest BCUT2D eigenvalue weighted by atomic mass is 9.97. The van der Waals surface area contributed by atoms with Gasteiger partial charge < -0.3 is 10.1 Å². The highest BCUT2D eigenvalue weighted by Crippen LogP contribution is 2.22. The number of methoxy groups -OCH3 is 1. The molecule has 0 saturated carbocycles. The average molecular weight is 481 g/mol. The fraction of sp³-hybridized carbons (Fsp3) is 0.381. The molecular weight excluding hydrogens is 456 g/mol. The van der Waals surface area contributed by atoms with E-state index < -0.39 is 10.0 Å². The van der Waals surface area contributed by atoms with E-state index >= 15 is 0 Å². The van der Waals surface area contributed by atoms with E-state index in [1.54, 1.807) is 19.2 Å². The highest BCUT2D eigenvalue weighted by molar-refractivity contribution is 9.10. The van der Waals surface area contributed by atoms with Crippen molar-refractivity contribution >= 4 is 31.9 Å². The summed E-state index contributed by atoms with van der Waals surface area (Å²) in [4.78, 5) is 12.5. The van der Waals surface area contributed by atoms with Crippen molar-refractivity contribution in [2.24, 2.45) is 5.92 Å². The molecule has 1 aliphatic heterocycles. The molecule has 0 aliphatic carbocycles. The van der Waals surface area contributed by atoms with Crippen LogP contribution >= 0.6 is 15.9 Å². The fourth-order valence-corrected chi connectivity index (χ4v) is 5.18. The lowest BCUT2D eigenvalue weighted by Gasteiger charge is -2.30. The SMILES string of the molecule is COc1ccc(CNC(=O)C2CCN(S(=O)(=O)Cc3ccc(Br)cc3)CC2)cc1. The Labute approximate surface area is 180 Å². The summed E-state index contributed by atoms with van der Waals surface area (Å²) in [5, 5.41) is 2.95. The van der Waals surface area contributed by atoms with Gasteiger partial charge in [-0.05, 0) is 48.2 Å². The van der Waals surface area contributed by atoms with Crippen LogP contribution in [-0.4, -0.2) is 38.8 Å². The van der Waals surface area contributed by atoms with Crippen molar-refractivity contribution in [2.75, 3.05) is 20.2 Å². The third-order valence-electron chi connectivity index (χ3n) is 5.11. The lowest BCUT2D eigenvalue weighted by molar-refractivity contribution is -0.126. The number of ether oxygens (including phenoxy) is 1. The van der Waals surface area contributed by atoms with Crippen molar-refractivity contribution < 1.29 is 17.9 Å². The van der Waals surface area contributed by atoms with Gasteiger partial charge in [0.1, 0.15) is 5.75 Å². The number of rotatable bonds is 7. The third-order valence-corrected chi connectivity index (χ3v) is 7.48. The number of nitrogens with zero attached hydrogens (tertiary/aromatic N) is 1. The zero-order valence-electron chi connectivity index (χ0n) is 16.3. The van der Waals surface area contributed by atoms with Gasteiger partial charge in [0, 0.05) is 30.0 Å². The Bertz CT molecular complexity index is 922. The summed E-state index contributed by atoms with van der Waals surface area (Å²) in [5.41, 5.74) is 1.75. The minimum Gasteiger partial charge on any atom is -0.497 e. The van der Waals surface area contributed by atoms with Crippen LogP contribution in [-0.2, 0) is 27.1 Å². The molecule has 1 fully saturated rings. The first kappa shape index (κ1) is 21.8. The van der Waals surface area contributed by atoms with Gasteiger partial charge in [-0.1, -0.05) is 40.2 Å². The van der Waals surface area contributed by atoms with Gasteiger partial charge in [0.05, 0.1) is 12.9 Å². The number of nitrogens with one attached hydrogen (secondary N) is 1. The zero-order chi connectivity index (χ0) is 20.9. The number of sulfonamides is 1. The number of carbonyl (C=O) groups excluding carboxylic acids is 1. The van der Waals surface area contributed by atoms with Crippen molar-refractivity contribution in [1.82, 2.24) is 9.62 Å². The normalized spacial score (nSPS) is 15.8. The van der Waals surface area contributed by atoms with Crippen LogP contribution in [0.25, 0.3) is 0 Å². The second-order valence-corrected chi connectivity index (χ2v) is 10.0. The van der Waals surface area contributed by atoms with Crippen LogP contribution in [0.4, 0.5) is 0 Å². The molecule has 1 aliphatic rings. The number of carbonyl (C=O) groups is 1. The number of benzene rings is 2. The summed E-state index contributed by atoms with van der Waals surface area (Å²) >= 11 is 3.35. The number of hydrogen-bond acceptors (Lipinski definition) is 4. The van der Waals surface area contributed by atoms with Gasteiger partial charge in [0.15, 0.2) is 0 Å². The Morgan fingerprint density at radius 2 is 1.66 bits per heavy atom. The van der Waals surface area contributed by atoms with Crippen LogP contribution in [0, 0.1) is 5.92 Å². The molecule has 1 heterocycles. The number of piperidine rings is 1. The molecule has 1 N–H and O–H groups in total. The maximum atomic E-state index is 12.7. The quantitative estimate of drug-likeness (QED) is 0.659. The minimum absolute atomic E-state index is 0.0192. The lowest BCUT2D eigenvalue weighted by Crippen LogP contribution is -2.43. The maximum absolute atomic E-state index is 12.7. The van der Waals surface area contributed by atoms with Crippen molar-refractivity contribution in [2.45, 2.75) is 25.1 Å². The van der Waals surface area contributed by atoms with Crippen molar-refractivity contribution in [3.63, 3.8) is 0 Å². The summed E-state index contributed by atoms with van der Waals surface area (Å²) in [6, 6.07) is 14.8. The predicted octanol–water partition coefficient (Wildman–Crippen LogP) is 3.32. The molecule has 0 aromatic heterocycles. The van der Waals surface area contributed by atoms with E-state index in [9.17, 15) is 13.2 Å². The molecule has 0 unspecified atom stereocenters.